The standard InChI is InChI=1S/C7H8.C2H7N3.C2H6/c1-7-5-3-2-4-6-7;1-5-2(3)4;1-2/h2-6H,1H3;1H3,(H4,3,4,5);1-2H3. The zero-order valence-corrected chi connectivity index (χ0v) is 9.49. The van der Waals surface area contributed by atoms with Gasteiger partial charge in [-0.05, 0) is 6.92 Å². The normalized spacial score (nSPS) is 7.14. The second-order valence-corrected chi connectivity index (χ2v) is 2.30. The molecule has 0 aliphatic rings. The Hall–Kier alpha value is -1.51. The van der Waals surface area contributed by atoms with Crippen LogP contribution in [-0.4, -0.2) is 13.0 Å². The van der Waals surface area contributed by atoms with Crippen LogP contribution in [0, 0.1) is 6.92 Å². The van der Waals surface area contributed by atoms with Crippen molar-refractivity contribution in [1.82, 2.24) is 0 Å². The lowest BCUT2D eigenvalue weighted by Gasteiger charge is -1.82. The molecule has 3 heteroatoms. The summed E-state index contributed by atoms with van der Waals surface area (Å²) in [7, 11) is 1.54. The summed E-state index contributed by atoms with van der Waals surface area (Å²) in [6.07, 6.45) is 0. The van der Waals surface area contributed by atoms with Crippen LogP contribution in [0.2, 0.25) is 0 Å². The molecule has 0 aliphatic heterocycles. The number of nitrogens with zero attached hydrogens (tertiary/aromatic N) is 1. The largest absolute Gasteiger partial charge is 0.370 e. The fourth-order valence-corrected chi connectivity index (χ4v) is 0.534. The van der Waals surface area contributed by atoms with Gasteiger partial charge in [0.15, 0.2) is 5.96 Å². The van der Waals surface area contributed by atoms with Crippen LogP contribution in [-0.2, 0) is 0 Å². The number of nitrogens with two attached hydrogens (primary N) is 2. The Morgan fingerprint density at radius 1 is 1.07 bits per heavy atom. The number of hydrogen-bond donors (Lipinski definition) is 2. The van der Waals surface area contributed by atoms with Gasteiger partial charge in [-0.25, -0.2) is 0 Å². The molecule has 0 saturated carbocycles. The first-order valence-electron chi connectivity index (χ1n) is 4.66. The van der Waals surface area contributed by atoms with Crippen LogP contribution in [0.1, 0.15) is 19.4 Å². The van der Waals surface area contributed by atoms with Gasteiger partial charge in [-0.15, -0.1) is 0 Å². The van der Waals surface area contributed by atoms with E-state index in [0.717, 1.165) is 0 Å². The number of benzene rings is 1. The lowest BCUT2D eigenvalue weighted by Crippen LogP contribution is -2.21. The second-order valence-electron chi connectivity index (χ2n) is 2.30. The van der Waals surface area contributed by atoms with Crippen molar-refractivity contribution in [2.75, 3.05) is 7.05 Å². The van der Waals surface area contributed by atoms with Gasteiger partial charge in [-0.2, -0.15) is 0 Å². The maximum atomic E-state index is 4.82. The van der Waals surface area contributed by atoms with Crippen molar-refractivity contribution in [2.45, 2.75) is 20.8 Å². The van der Waals surface area contributed by atoms with Crippen molar-refractivity contribution in [3.8, 4) is 0 Å². The van der Waals surface area contributed by atoms with Crippen molar-refractivity contribution in [3.05, 3.63) is 35.9 Å². The lowest BCUT2D eigenvalue weighted by molar-refractivity contribution is 1.36. The third-order valence-corrected chi connectivity index (χ3v) is 1.20. The molecule has 1 aromatic carbocycles. The molecular weight excluding hydrogens is 174 g/mol. The molecule has 0 heterocycles. The highest BCUT2D eigenvalue weighted by Crippen LogP contribution is 1.92. The molecule has 0 bridgehead atoms. The maximum absolute atomic E-state index is 4.82. The molecule has 0 amide bonds. The Bertz CT molecular complexity index is 226. The third kappa shape index (κ3) is 13.1. The van der Waals surface area contributed by atoms with Crippen LogP contribution in [0.5, 0.6) is 0 Å². The van der Waals surface area contributed by atoms with Gasteiger partial charge in [0.05, 0.1) is 0 Å². The molecule has 0 unspecified atom stereocenters. The van der Waals surface area contributed by atoms with E-state index in [2.05, 4.69) is 24.0 Å². The molecule has 0 aromatic heterocycles. The molecule has 0 aliphatic carbocycles. The van der Waals surface area contributed by atoms with E-state index in [0.29, 0.717) is 0 Å². The SMILES string of the molecule is CC.CN=C(N)N.Cc1ccccc1. The first-order chi connectivity index (χ1) is 6.66. The molecule has 0 atom stereocenters. The predicted octanol–water partition coefficient (Wildman–Crippen LogP) is 1.91. The highest BCUT2D eigenvalue weighted by atomic mass is 15.0. The number of aryl methyl sites for hydroxylation is 1. The van der Waals surface area contributed by atoms with Gasteiger partial charge in [-0.1, -0.05) is 49.7 Å². The van der Waals surface area contributed by atoms with Gasteiger partial charge in [0.2, 0.25) is 0 Å². The van der Waals surface area contributed by atoms with Gasteiger partial charge >= 0.3 is 0 Å². The molecule has 4 N–H and O–H groups in total. The smallest absolute Gasteiger partial charge is 0.185 e. The van der Waals surface area contributed by atoms with Crippen LogP contribution in [0.4, 0.5) is 0 Å². The minimum atomic E-state index is 0.130. The zero-order valence-electron chi connectivity index (χ0n) is 9.49. The van der Waals surface area contributed by atoms with E-state index in [1.165, 1.54) is 12.6 Å². The van der Waals surface area contributed by atoms with Crippen LogP contribution in [0.15, 0.2) is 35.3 Å². The average Bonchev–Trinajstić information content (AvgIpc) is 2.23. The Kier molecular flexibility index (Phi) is 12.3. The van der Waals surface area contributed by atoms with E-state index < -0.39 is 0 Å². The van der Waals surface area contributed by atoms with Gasteiger partial charge in [0.25, 0.3) is 0 Å². The molecule has 0 radical (unpaired) electrons. The van der Waals surface area contributed by atoms with Gasteiger partial charge < -0.3 is 11.5 Å². The minimum absolute atomic E-state index is 0.130. The number of aliphatic imine (C=N–C) groups is 1. The Morgan fingerprint density at radius 2 is 1.43 bits per heavy atom. The fraction of sp³-hybridized carbons (Fsp3) is 0.364. The summed E-state index contributed by atoms with van der Waals surface area (Å²) >= 11 is 0. The monoisotopic (exact) mass is 195 g/mol. The number of hydrogen-bond acceptors (Lipinski definition) is 1. The highest BCUT2D eigenvalue weighted by molar-refractivity contribution is 5.75. The molecular formula is C11H21N3. The molecule has 0 fully saturated rings. The van der Waals surface area contributed by atoms with Crippen molar-refractivity contribution in [1.29, 1.82) is 0 Å². The highest BCUT2D eigenvalue weighted by Gasteiger charge is 1.72. The van der Waals surface area contributed by atoms with Gasteiger partial charge in [-0.3, -0.25) is 4.99 Å². The summed E-state index contributed by atoms with van der Waals surface area (Å²) in [6.45, 7) is 6.08. The summed E-state index contributed by atoms with van der Waals surface area (Å²) in [5.41, 5.74) is 11.0. The van der Waals surface area contributed by atoms with E-state index >= 15 is 0 Å². The Labute approximate surface area is 86.8 Å². The van der Waals surface area contributed by atoms with E-state index in [1.54, 1.807) is 0 Å². The zero-order chi connectivity index (χ0) is 11.4. The average molecular weight is 195 g/mol. The molecule has 80 valence electrons. The van der Waals surface area contributed by atoms with E-state index in [4.69, 9.17) is 11.5 Å². The molecule has 1 rings (SSSR count). The summed E-state index contributed by atoms with van der Waals surface area (Å²) in [4.78, 5) is 3.36. The summed E-state index contributed by atoms with van der Waals surface area (Å²) < 4.78 is 0. The summed E-state index contributed by atoms with van der Waals surface area (Å²) in [6, 6.07) is 10.3. The van der Waals surface area contributed by atoms with Crippen LogP contribution in [0.25, 0.3) is 0 Å². The lowest BCUT2D eigenvalue weighted by atomic mass is 10.2. The van der Waals surface area contributed by atoms with Crippen molar-refractivity contribution in [2.24, 2.45) is 16.5 Å². The van der Waals surface area contributed by atoms with E-state index in [9.17, 15) is 0 Å². The van der Waals surface area contributed by atoms with Crippen LogP contribution in [0.3, 0.4) is 0 Å². The predicted molar refractivity (Wildman–Crippen MR) is 64.3 cm³/mol. The van der Waals surface area contributed by atoms with Crippen LogP contribution < -0.4 is 11.5 Å². The van der Waals surface area contributed by atoms with Crippen molar-refractivity contribution < 1.29 is 0 Å². The molecule has 1 aromatic rings. The van der Waals surface area contributed by atoms with Crippen molar-refractivity contribution in [3.63, 3.8) is 0 Å². The van der Waals surface area contributed by atoms with E-state index in [-0.39, 0.29) is 5.96 Å². The molecule has 3 nitrogen and oxygen atoms in total. The Morgan fingerprint density at radius 3 is 1.57 bits per heavy atom. The first kappa shape index (κ1) is 15.0. The number of rotatable bonds is 0. The topological polar surface area (TPSA) is 64.4 Å². The molecule has 14 heavy (non-hydrogen) atoms. The van der Waals surface area contributed by atoms with Crippen molar-refractivity contribution >= 4 is 5.96 Å². The van der Waals surface area contributed by atoms with Gasteiger partial charge in [0.1, 0.15) is 0 Å². The van der Waals surface area contributed by atoms with Crippen LogP contribution >= 0.6 is 0 Å². The molecule has 0 spiro atoms. The van der Waals surface area contributed by atoms with Gasteiger partial charge in [0, 0.05) is 7.05 Å². The van der Waals surface area contributed by atoms with E-state index in [1.807, 2.05) is 32.0 Å². The second kappa shape index (κ2) is 11.5. The first-order valence-corrected chi connectivity index (χ1v) is 4.66. The minimum Gasteiger partial charge on any atom is -0.370 e. The molecule has 0 saturated heterocycles. The maximum Gasteiger partial charge on any atom is 0.185 e. The summed E-state index contributed by atoms with van der Waals surface area (Å²) in [5, 5.41) is 0. The number of guanidine groups is 1. The quantitative estimate of drug-likeness (QED) is 0.490. The Balaban J connectivity index is 0. The summed E-state index contributed by atoms with van der Waals surface area (Å²) in [5.74, 6) is 0.130. The third-order valence-electron chi connectivity index (χ3n) is 1.20. The fourth-order valence-electron chi connectivity index (χ4n) is 0.534.